The molecule has 2 amide bonds. The van der Waals surface area contributed by atoms with Crippen molar-refractivity contribution in [2.45, 2.75) is 31.8 Å². The second-order valence-corrected chi connectivity index (χ2v) is 8.65. The Morgan fingerprint density at radius 3 is 2.94 bits per heavy atom. The molecule has 0 spiro atoms. The van der Waals surface area contributed by atoms with Gasteiger partial charge in [0.05, 0.1) is 18.4 Å². The number of rotatable bonds is 7. The number of aliphatic imine (C=N–C) groups is 1. The SMILES string of the molecule is COc1ccc(Cl)cc1-c1nn(CC(=O)NC2CCC2)cc1NC(=O)C1=C2N=CC=CN2NC1. The Hall–Kier alpha value is -3.63. The zero-order chi connectivity index (χ0) is 23.7. The summed E-state index contributed by atoms with van der Waals surface area (Å²) in [7, 11) is 1.55. The van der Waals surface area contributed by atoms with Crippen molar-refractivity contribution in [2.75, 3.05) is 19.0 Å². The molecular formula is C23H24ClN7O3. The first kappa shape index (κ1) is 22.2. The lowest BCUT2D eigenvalue weighted by Crippen LogP contribution is -2.41. The minimum absolute atomic E-state index is 0.0284. The van der Waals surface area contributed by atoms with Crippen LogP contribution in [0, 0.1) is 0 Å². The number of hydrogen-bond acceptors (Lipinski definition) is 7. The Labute approximate surface area is 201 Å². The summed E-state index contributed by atoms with van der Waals surface area (Å²) in [6.07, 6.45) is 9.97. The maximum atomic E-state index is 13.2. The number of aromatic nitrogens is 2. The third kappa shape index (κ3) is 4.42. The van der Waals surface area contributed by atoms with E-state index in [9.17, 15) is 9.59 Å². The van der Waals surface area contributed by atoms with Crippen LogP contribution >= 0.6 is 11.6 Å². The summed E-state index contributed by atoms with van der Waals surface area (Å²) >= 11 is 6.25. The van der Waals surface area contributed by atoms with E-state index >= 15 is 0 Å². The topological polar surface area (TPSA) is 113 Å². The highest BCUT2D eigenvalue weighted by molar-refractivity contribution is 6.31. The fraction of sp³-hybridized carbons (Fsp3) is 0.304. The Bertz CT molecular complexity index is 1230. The summed E-state index contributed by atoms with van der Waals surface area (Å²) in [5.74, 6) is 0.632. The van der Waals surface area contributed by atoms with Crippen molar-refractivity contribution in [2.24, 2.45) is 4.99 Å². The molecule has 1 aliphatic carbocycles. The van der Waals surface area contributed by atoms with Gasteiger partial charge in [0.2, 0.25) is 5.91 Å². The minimum Gasteiger partial charge on any atom is -0.496 e. The summed E-state index contributed by atoms with van der Waals surface area (Å²) in [5, 5.41) is 12.7. The van der Waals surface area contributed by atoms with Crippen molar-refractivity contribution in [3.05, 3.63) is 53.1 Å². The number of nitrogens with zero attached hydrogens (tertiary/aromatic N) is 4. The third-order valence-corrected chi connectivity index (χ3v) is 6.15. The first-order valence-electron chi connectivity index (χ1n) is 11.0. The van der Waals surface area contributed by atoms with Gasteiger partial charge in [0.15, 0.2) is 5.82 Å². The zero-order valence-corrected chi connectivity index (χ0v) is 19.3. The highest BCUT2D eigenvalue weighted by atomic mass is 35.5. The van der Waals surface area contributed by atoms with E-state index in [1.165, 1.54) is 4.68 Å². The van der Waals surface area contributed by atoms with Gasteiger partial charge in [-0.25, -0.2) is 10.4 Å². The molecule has 0 bridgehead atoms. The summed E-state index contributed by atoms with van der Waals surface area (Å²) in [5.41, 5.74) is 5.07. The molecule has 2 aliphatic heterocycles. The summed E-state index contributed by atoms with van der Waals surface area (Å²) in [6.45, 7) is 0.358. The molecule has 10 nitrogen and oxygen atoms in total. The molecular weight excluding hydrogens is 458 g/mol. The van der Waals surface area contributed by atoms with Crippen molar-refractivity contribution >= 4 is 35.3 Å². The van der Waals surface area contributed by atoms with Crippen molar-refractivity contribution in [1.29, 1.82) is 0 Å². The van der Waals surface area contributed by atoms with Gasteiger partial charge in [-0.2, -0.15) is 5.10 Å². The molecule has 1 aromatic carbocycles. The summed E-state index contributed by atoms with van der Waals surface area (Å²) < 4.78 is 7.01. The number of carbonyl (C=O) groups excluding carboxylic acids is 2. The molecule has 34 heavy (non-hydrogen) atoms. The number of benzene rings is 1. The van der Waals surface area contributed by atoms with Crippen LogP contribution in [0.1, 0.15) is 19.3 Å². The Morgan fingerprint density at radius 1 is 1.32 bits per heavy atom. The quantitative estimate of drug-likeness (QED) is 0.560. The molecule has 11 heteroatoms. The number of fused-ring (bicyclic) bond motifs is 1. The van der Waals surface area contributed by atoms with Crippen molar-refractivity contribution < 1.29 is 14.3 Å². The lowest BCUT2D eigenvalue weighted by atomic mass is 9.93. The molecule has 5 rings (SSSR count). The van der Waals surface area contributed by atoms with Gasteiger partial charge in [-0.3, -0.25) is 19.3 Å². The molecule has 176 valence electrons. The van der Waals surface area contributed by atoms with Crippen LogP contribution in [0.3, 0.4) is 0 Å². The van der Waals surface area contributed by atoms with Crippen LogP contribution in [-0.2, 0) is 16.1 Å². The number of anilines is 1. The fourth-order valence-corrected chi connectivity index (χ4v) is 4.15. The van der Waals surface area contributed by atoms with E-state index in [1.54, 1.807) is 55.0 Å². The molecule has 0 saturated heterocycles. The maximum absolute atomic E-state index is 13.2. The van der Waals surface area contributed by atoms with Gasteiger partial charge < -0.3 is 15.4 Å². The lowest BCUT2D eigenvalue weighted by Gasteiger charge is -2.26. The van der Waals surface area contributed by atoms with Gasteiger partial charge >= 0.3 is 0 Å². The largest absolute Gasteiger partial charge is 0.496 e. The van der Waals surface area contributed by atoms with Gasteiger partial charge in [0.1, 0.15) is 18.0 Å². The van der Waals surface area contributed by atoms with E-state index < -0.39 is 0 Å². The normalized spacial score (nSPS) is 16.9. The lowest BCUT2D eigenvalue weighted by molar-refractivity contribution is -0.123. The number of hydrogen-bond donors (Lipinski definition) is 3. The van der Waals surface area contributed by atoms with E-state index in [0.717, 1.165) is 19.3 Å². The number of ether oxygens (including phenoxy) is 1. The Balaban J connectivity index is 1.46. The van der Waals surface area contributed by atoms with E-state index in [-0.39, 0.29) is 24.4 Å². The highest BCUT2D eigenvalue weighted by Crippen LogP contribution is 2.36. The van der Waals surface area contributed by atoms with Crippen LogP contribution in [0.5, 0.6) is 5.75 Å². The molecule has 1 saturated carbocycles. The van der Waals surface area contributed by atoms with Crippen LogP contribution in [0.4, 0.5) is 5.69 Å². The number of carbonyl (C=O) groups is 2. The first-order valence-corrected chi connectivity index (χ1v) is 11.4. The van der Waals surface area contributed by atoms with Crippen LogP contribution in [-0.4, -0.2) is 52.5 Å². The van der Waals surface area contributed by atoms with Gasteiger partial charge in [-0.15, -0.1) is 0 Å². The average molecular weight is 482 g/mol. The fourth-order valence-electron chi connectivity index (χ4n) is 3.98. The number of halogens is 1. The van der Waals surface area contributed by atoms with Gasteiger partial charge in [-0.05, 0) is 43.5 Å². The van der Waals surface area contributed by atoms with Gasteiger partial charge in [-0.1, -0.05) is 11.6 Å². The van der Waals surface area contributed by atoms with E-state index in [0.29, 0.717) is 45.7 Å². The Kier molecular flexibility index (Phi) is 6.08. The van der Waals surface area contributed by atoms with Crippen LogP contribution in [0.15, 0.2) is 53.1 Å². The van der Waals surface area contributed by atoms with Crippen LogP contribution < -0.4 is 20.8 Å². The number of hydrazine groups is 1. The number of amides is 2. The smallest absolute Gasteiger partial charge is 0.256 e. The van der Waals surface area contributed by atoms with Crippen LogP contribution in [0.2, 0.25) is 5.02 Å². The molecule has 3 N–H and O–H groups in total. The zero-order valence-electron chi connectivity index (χ0n) is 18.5. The number of allylic oxidation sites excluding steroid dienone is 1. The molecule has 1 fully saturated rings. The predicted molar refractivity (Wildman–Crippen MR) is 128 cm³/mol. The predicted octanol–water partition coefficient (Wildman–Crippen LogP) is 2.45. The standard InChI is InChI=1S/C23H24ClN7O3/c1-34-19-7-6-14(24)10-16(19)21-18(12-30(29-21)13-20(32)27-15-4-2-5-15)28-23(33)17-11-26-31-9-3-8-25-22(17)31/h3,6-10,12,15,26H,2,4-5,11,13H2,1H3,(H,27,32)(H,28,33). The third-order valence-electron chi connectivity index (χ3n) is 5.92. The summed E-state index contributed by atoms with van der Waals surface area (Å²) in [4.78, 5) is 30.0. The molecule has 0 radical (unpaired) electrons. The molecule has 0 unspecified atom stereocenters. The van der Waals surface area contributed by atoms with Gasteiger partial charge in [0.25, 0.3) is 5.91 Å². The number of nitrogens with one attached hydrogen (secondary N) is 3. The van der Waals surface area contributed by atoms with Crippen molar-refractivity contribution in [3.63, 3.8) is 0 Å². The molecule has 2 aromatic rings. The Morgan fingerprint density at radius 2 is 2.18 bits per heavy atom. The maximum Gasteiger partial charge on any atom is 0.256 e. The van der Waals surface area contributed by atoms with Gasteiger partial charge in [0, 0.05) is 41.8 Å². The van der Waals surface area contributed by atoms with Crippen molar-refractivity contribution in [3.8, 4) is 17.0 Å². The van der Waals surface area contributed by atoms with E-state index in [1.807, 2.05) is 0 Å². The van der Waals surface area contributed by atoms with E-state index in [4.69, 9.17) is 16.3 Å². The molecule has 3 aliphatic rings. The highest BCUT2D eigenvalue weighted by Gasteiger charge is 2.28. The summed E-state index contributed by atoms with van der Waals surface area (Å²) in [6, 6.07) is 5.39. The molecule has 1 aromatic heterocycles. The second-order valence-electron chi connectivity index (χ2n) is 8.21. The monoisotopic (exact) mass is 481 g/mol. The second kappa shape index (κ2) is 9.32. The minimum atomic E-state index is -0.321. The first-order chi connectivity index (χ1) is 16.5. The van der Waals surface area contributed by atoms with E-state index in [2.05, 4.69) is 26.2 Å². The van der Waals surface area contributed by atoms with Crippen LogP contribution in [0.25, 0.3) is 11.3 Å². The molecule has 3 heterocycles. The number of methoxy groups -OCH3 is 1. The molecule has 0 atom stereocenters. The van der Waals surface area contributed by atoms with Crippen molar-refractivity contribution in [1.82, 2.24) is 25.5 Å². The average Bonchev–Trinajstić information content (AvgIpc) is 3.40.